The molecule has 1 N–H and O–H groups in total. The van der Waals surface area contributed by atoms with Crippen LogP contribution in [0.5, 0.6) is 5.75 Å². The molecule has 6 nitrogen and oxygen atoms in total. The second-order valence-electron chi connectivity index (χ2n) is 6.47. The Hall–Kier alpha value is -1.72. The number of benzene rings is 1. The topological polar surface area (TPSA) is 63.2 Å². The number of nitrogens with zero attached hydrogens (tertiary/aromatic N) is 2. The van der Waals surface area contributed by atoms with E-state index in [4.69, 9.17) is 9.47 Å². The molecule has 1 aromatic carbocycles. The zero-order chi connectivity index (χ0) is 20.6. The Labute approximate surface area is 185 Å². The van der Waals surface area contributed by atoms with Gasteiger partial charge < -0.3 is 19.7 Å². The molecular weight excluding hydrogens is 502 g/mol. The van der Waals surface area contributed by atoms with Crippen molar-refractivity contribution in [3.05, 3.63) is 29.8 Å². The Morgan fingerprint density at radius 1 is 1.31 bits per heavy atom. The van der Waals surface area contributed by atoms with E-state index < -0.39 is 12.8 Å². The summed E-state index contributed by atoms with van der Waals surface area (Å²) in [5.74, 6) is 0.614. The summed E-state index contributed by atoms with van der Waals surface area (Å²) in [5.41, 5.74) is 0.780. The van der Waals surface area contributed by atoms with Gasteiger partial charge in [-0.25, -0.2) is 0 Å². The lowest BCUT2D eigenvalue weighted by Crippen LogP contribution is -2.46. The summed E-state index contributed by atoms with van der Waals surface area (Å²) in [7, 11) is 1.67. The number of carbonyl (C=O) groups is 1. The Kier molecular flexibility index (Phi) is 10.5. The minimum absolute atomic E-state index is 0. The van der Waals surface area contributed by atoms with Gasteiger partial charge in [0.05, 0.1) is 12.5 Å². The fraction of sp³-hybridized carbons (Fsp3) is 0.579. The molecule has 1 fully saturated rings. The predicted molar refractivity (Wildman–Crippen MR) is 115 cm³/mol. The summed E-state index contributed by atoms with van der Waals surface area (Å²) in [4.78, 5) is 18.1. The number of hydrogen-bond donors (Lipinski definition) is 1. The molecule has 0 amide bonds. The SMILES string of the molecule is CCOC(=O)C1CCN(C(=NC)NCc2cccc(OCC(F)(F)F)c2)CC1.I. The summed E-state index contributed by atoms with van der Waals surface area (Å²) in [5, 5.41) is 3.21. The van der Waals surface area contributed by atoms with Crippen molar-refractivity contribution in [3.63, 3.8) is 0 Å². The minimum atomic E-state index is -4.37. The molecule has 0 saturated carbocycles. The number of rotatable bonds is 6. The molecular formula is C19H27F3IN3O3. The summed E-state index contributed by atoms with van der Waals surface area (Å²) in [6.45, 7) is 2.61. The van der Waals surface area contributed by atoms with E-state index in [1.807, 2.05) is 0 Å². The van der Waals surface area contributed by atoms with Crippen molar-refractivity contribution in [2.45, 2.75) is 32.5 Å². The fourth-order valence-electron chi connectivity index (χ4n) is 3.01. The highest BCUT2D eigenvalue weighted by atomic mass is 127. The Morgan fingerprint density at radius 3 is 2.59 bits per heavy atom. The molecule has 1 aromatic rings. The van der Waals surface area contributed by atoms with Gasteiger partial charge in [-0.3, -0.25) is 9.79 Å². The third-order valence-electron chi connectivity index (χ3n) is 4.38. The Balaban J connectivity index is 0.00000420. The summed E-state index contributed by atoms with van der Waals surface area (Å²) in [6, 6.07) is 6.51. The normalized spacial score (nSPS) is 15.5. The molecule has 1 heterocycles. The van der Waals surface area contributed by atoms with Crippen LogP contribution in [0.2, 0.25) is 0 Å². The van der Waals surface area contributed by atoms with Crippen molar-refractivity contribution in [1.29, 1.82) is 0 Å². The van der Waals surface area contributed by atoms with Crippen LogP contribution in [0, 0.1) is 5.92 Å². The average molecular weight is 529 g/mol. The number of halogens is 4. The zero-order valence-corrected chi connectivity index (χ0v) is 18.8. The lowest BCUT2D eigenvalue weighted by molar-refractivity contribution is -0.153. The maximum Gasteiger partial charge on any atom is 0.422 e. The van der Waals surface area contributed by atoms with Crippen LogP contribution >= 0.6 is 24.0 Å². The van der Waals surface area contributed by atoms with Crippen molar-refractivity contribution in [2.75, 3.05) is 33.4 Å². The molecule has 0 aliphatic carbocycles. The van der Waals surface area contributed by atoms with Crippen LogP contribution < -0.4 is 10.1 Å². The lowest BCUT2D eigenvalue weighted by atomic mass is 9.97. The molecule has 2 rings (SSSR count). The summed E-state index contributed by atoms with van der Waals surface area (Å²) in [6.07, 6.45) is -2.98. The number of carbonyl (C=O) groups excluding carboxylic acids is 1. The average Bonchev–Trinajstić information content (AvgIpc) is 2.67. The van der Waals surface area contributed by atoms with Crippen LogP contribution in [0.3, 0.4) is 0 Å². The number of hydrogen-bond acceptors (Lipinski definition) is 4. The van der Waals surface area contributed by atoms with Crippen LogP contribution in [0.1, 0.15) is 25.3 Å². The highest BCUT2D eigenvalue weighted by molar-refractivity contribution is 14.0. The number of alkyl halides is 3. The Bertz CT molecular complexity index is 678. The van der Waals surface area contributed by atoms with Gasteiger partial charge in [-0.05, 0) is 37.5 Å². The van der Waals surface area contributed by atoms with Gasteiger partial charge >= 0.3 is 12.1 Å². The first-order chi connectivity index (χ1) is 13.3. The number of aliphatic imine (C=N–C) groups is 1. The van der Waals surface area contributed by atoms with Gasteiger partial charge in [0, 0.05) is 26.7 Å². The maximum atomic E-state index is 12.3. The first-order valence-electron chi connectivity index (χ1n) is 9.23. The van der Waals surface area contributed by atoms with Crippen LogP contribution in [0.25, 0.3) is 0 Å². The first-order valence-corrected chi connectivity index (χ1v) is 9.23. The van der Waals surface area contributed by atoms with E-state index >= 15 is 0 Å². The molecule has 29 heavy (non-hydrogen) atoms. The van der Waals surface area contributed by atoms with Gasteiger partial charge in [0.2, 0.25) is 0 Å². The number of nitrogens with one attached hydrogen (secondary N) is 1. The lowest BCUT2D eigenvalue weighted by Gasteiger charge is -2.33. The second kappa shape index (κ2) is 12.1. The van der Waals surface area contributed by atoms with E-state index in [9.17, 15) is 18.0 Å². The molecule has 1 aliphatic heterocycles. The highest BCUT2D eigenvalue weighted by Gasteiger charge is 2.29. The first kappa shape index (κ1) is 25.3. The molecule has 0 atom stereocenters. The van der Waals surface area contributed by atoms with Gasteiger partial charge in [0.25, 0.3) is 0 Å². The number of piperidine rings is 1. The van der Waals surface area contributed by atoms with Gasteiger partial charge in [0.1, 0.15) is 5.75 Å². The van der Waals surface area contributed by atoms with E-state index in [2.05, 4.69) is 15.2 Å². The largest absolute Gasteiger partial charge is 0.484 e. The van der Waals surface area contributed by atoms with Crippen molar-refractivity contribution in [2.24, 2.45) is 10.9 Å². The van der Waals surface area contributed by atoms with Crippen LogP contribution in [-0.2, 0) is 16.1 Å². The molecule has 0 radical (unpaired) electrons. The van der Waals surface area contributed by atoms with E-state index in [1.54, 1.807) is 32.2 Å². The van der Waals surface area contributed by atoms with E-state index in [-0.39, 0.29) is 41.6 Å². The quantitative estimate of drug-likeness (QED) is 0.264. The molecule has 10 heteroatoms. The molecule has 0 spiro atoms. The van der Waals surface area contributed by atoms with Gasteiger partial charge in [-0.15, -0.1) is 24.0 Å². The number of ether oxygens (including phenoxy) is 2. The number of guanidine groups is 1. The number of likely N-dealkylation sites (tertiary alicyclic amines) is 1. The fourth-order valence-corrected chi connectivity index (χ4v) is 3.01. The second-order valence-corrected chi connectivity index (χ2v) is 6.47. The third-order valence-corrected chi connectivity index (χ3v) is 4.38. The van der Waals surface area contributed by atoms with Crippen LogP contribution in [-0.4, -0.2) is 56.4 Å². The van der Waals surface area contributed by atoms with Crippen molar-refractivity contribution < 1.29 is 27.4 Å². The van der Waals surface area contributed by atoms with Gasteiger partial charge in [-0.1, -0.05) is 12.1 Å². The van der Waals surface area contributed by atoms with E-state index in [1.165, 1.54) is 6.07 Å². The molecule has 0 aromatic heterocycles. The smallest absolute Gasteiger partial charge is 0.422 e. The summed E-state index contributed by atoms with van der Waals surface area (Å²) >= 11 is 0. The molecule has 1 aliphatic rings. The van der Waals surface area contributed by atoms with Gasteiger partial charge in [0.15, 0.2) is 12.6 Å². The van der Waals surface area contributed by atoms with Gasteiger partial charge in [-0.2, -0.15) is 13.2 Å². The molecule has 164 valence electrons. The van der Waals surface area contributed by atoms with E-state index in [0.29, 0.717) is 45.0 Å². The standard InChI is InChI=1S/C19H26F3N3O3.HI/c1-3-27-17(26)15-7-9-25(10-8-15)18(23-2)24-12-14-5-4-6-16(11-14)28-13-19(20,21)22;/h4-6,11,15H,3,7-10,12-13H2,1-2H3,(H,23,24);1H. The van der Waals surface area contributed by atoms with E-state index in [0.717, 1.165) is 5.56 Å². The summed E-state index contributed by atoms with van der Waals surface area (Å²) < 4.78 is 46.7. The molecule has 1 saturated heterocycles. The zero-order valence-electron chi connectivity index (χ0n) is 16.5. The van der Waals surface area contributed by atoms with Crippen molar-refractivity contribution >= 4 is 35.9 Å². The monoisotopic (exact) mass is 529 g/mol. The van der Waals surface area contributed by atoms with Crippen LogP contribution in [0.15, 0.2) is 29.3 Å². The highest BCUT2D eigenvalue weighted by Crippen LogP contribution is 2.20. The van der Waals surface area contributed by atoms with Crippen molar-refractivity contribution in [3.8, 4) is 5.75 Å². The Morgan fingerprint density at radius 2 is 2.00 bits per heavy atom. The third kappa shape index (κ3) is 8.67. The minimum Gasteiger partial charge on any atom is -0.484 e. The molecule has 0 unspecified atom stereocenters. The number of esters is 1. The van der Waals surface area contributed by atoms with Crippen molar-refractivity contribution in [1.82, 2.24) is 10.2 Å². The molecule has 0 bridgehead atoms. The van der Waals surface area contributed by atoms with Crippen LogP contribution in [0.4, 0.5) is 13.2 Å². The maximum absolute atomic E-state index is 12.3. The predicted octanol–water partition coefficient (Wildman–Crippen LogP) is 3.60.